The van der Waals surface area contributed by atoms with Crippen LogP contribution in [-0.2, 0) is 25.8 Å². The number of nitrogen functional groups attached to an aromatic ring is 1. The Hall–Kier alpha value is -4.12. The van der Waals surface area contributed by atoms with E-state index in [1.54, 1.807) is 10.8 Å². The van der Waals surface area contributed by atoms with Crippen molar-refractivity contribution in [3.05, 3.63) is 47.6 Å². The van der Waals surface area contributed by atoms with Gasteiger partial charge in [0.1, 0.15) is 31.3 Å². The number of anilines is 1. The fourth-order valence-corrected chi connectivity index (χ4v) is 5.68. The summed E-state index contributed by atoms with van der Waals surface area (Å²) >= 11 is 2.13. The normalized spacial score (nSPS) is 19.8. The Balaban J connectivity index is 1.37. The number of oxime groups is 1. The van der Waals surface area contributed by atoms with Crippen molar-refractivity contribution >= 4 is 57.6 Å². The third-order valence-corrected chi connectivity index (χ3v) is 7.31. The summed E-state index contributed by atoms with van der Waals surface area (Å²) in [7, 11) is 1.23. The monoisotopic (exact) mass is 533 g/mol. The Kier molecular flexibility index (Phi) is 6.00. The lowest BCUT2D eigenvalue weighted by molar-refractivity contribution is -0.662. The van der Waals surface area contributed by atoms with Crippen LogP contribution in [0.25, 0.3) is 5.65 Å². The molecule has 5 heterocycles. The molecule has 0 radical (unpaired) electrons. The van der Waals surface area contributed by atoms with E-state index < -0.39 is 35.1 Å². The summed E-state index contributed by atoms with van der Waals surface area (Å²) in [5.74, 6) is -3.43. The zero-order valence-corrected chi connectivity index (χ0v) is 20.0. The summed E-state index contributed by atoms with van der Waals surface area (Å²) in [6.07, 6.45) is 3.15. The number of nitrogens with two attached hydrogens (primary N) is 1. The minimum absolute atomic E-state index is 0.0689. The highest BCUT2D eigenvalue weighted by Gasteiger charge is 2.53. The Labute approximate surface area is 209 Å². The van der Waals surface area contributed by atoms with Crippen molar-refractivity contribution in [1.29, 1.82) is 0 Å². The number of carboxylic acids is 1. The van der Waals surface area contributed by atoms with Crippen molar-refractivity contribution in [2.75, 3.05) is 18.6 Å². The number of rotatable bonds is 7. The van der Waals surface area contributed by atoms with E-state index in [1.165, 1.54) is 41.7 Å². The summed E-state index contributed by atoms with van der Waals surface area (Å²) in [4.78, 5) is 47.5. The number of β-lactam (4-membered cyclic amide) rings is 1. The van der Waals surface area contributed by atoms with Crippen molar-refractivity contribution in [2.24, 2.45) is 5.16 Å². The highest BCUT2D eigenvalue weighted by atomic mass is 32.2. The van der Waals surface area contributed by atoms with Crippen LogP contribution in [0.15, 0.2) is 41.0 Å². The van der Waals surface area contributed by atoms with Gasteiger partial charge in [0.25, 0.3) is 17.8 Å². The lowest BCUT2D eigenvalue weighted by atomic mass is 10.0. The summed E-state index contributed by atoms with van der Waals surface area (Å²) in [5, 5.41) is 21.4. The molecule has 2 aliphatic rings. The number of imidazole rings is 1. The highest BCUT2D eigenvalue weighted by molar-refractivity contribution is 8.00. The van der Waals surface area contributed by atoms with E-state index in [4.69, 9.17) is 10.6 Å². The molecule has 0 spiro atoms. The maximum atomic E-state index is 13.4. The molecule has 3 aromatic rings. The van der Waals surface area contributed by atoms with E-state index in [1.807, 2.05) is 0 Å². The molecule has 0 aliphatic carbocycles. The molecule has 0 unspecified atom stereocenters. The molecule has 0 saturated carbocycles. The van der Waals surface area contributed by atoms with E-state index in [0.29, 0.717) is 11.2 Å². The average molecular weight is 534 g/mol. The SMILES string of the molecule is CO/N=C(\C(=O)N[C@@H]1C(=O)N2C(C(=O)[O-])=C(C[n+]3ccn4nc(F)ccc43)CS[C@H]12)c1nsc(N)n1. The van der Waals surface area contributed by atoms with Gasteiger partial charge in [0.2, 0.25) is 11.5 Å². The Morgan fingerprint density at radius 2 is 2.25 bits per heavy atom. The quantitative estimate of drug-likeness (QED) is 0.144. The lowest BCUT2D eigenvalue weighted by Gasteiger charge is -2.50. The molecule has 2 aliphatic heterocycles. The fraction of sp³-hybridized carbons (Fsp3) is 0.263. The number of amides is 2. The number of thioether (sulfide) groups is 1. The first-order valence-electron chi connectivity index (χ1n) is 10.2. The lowest BCUT2D eigenvalue weighted by Crippen LogP contribution is -2.71. The second-order valence-corrected chi connectivity index (χ2v) is 9.45. The zero-order valence-electron chi connectivity index (χ0n) is 18.3. The van der Waals surface area contributed by atoms with Crippen LogP contribution in [0.5, 0.6) is 0 Å². The summed E-state index contributed by atoms with van der Waals surface area (Å²) in [6, 6.07) is 1.67. The predicted molar refractivity (Wildman–Crippen MR) is 120 cm³/mol. The second kappa shape index (κ2) is 9.15. The van der Waals surface area contributed by atoms with Gasteiger partial charge in [-0.05, 0) is 5.10 Å². The molecule has 0 bridgehead atoms. The number of halogens is 1. The number of fused-ring (bicyclic) bond motifs is 2. The van der Waals surface area contributed by atoms with Gasteiger partial charge in [-0.2, -0.15) is 13.7 Å². The third-order valence-electron chi connectivity index (χ3n) is 5.43. The van der Waals surface area contributed by atoms with Crippen LogP contribution in [0.4, 0.5) is 9.52 Å². The van der Waals surface area contributed by atoms with Crippen LogP contribution in [0.2, 0.25) is 0 Å². The number of hydrogen-bond acceptors (Lipinski definition) is 12. The molecule has 186 valence electrons. The maximum absolute atomic E-state index is 13.4. The molecular formula is C19H16FN9O5S2. The first-order valence-corrected chi connectivity index (χ1v) is 12.0. The van der Waals surface area contributed by atoms with Crippen molar-refractivity contribution in [1.82, 2.24) is 29.2 Å². The topological polar surface area (TPSA) is 184 Å². The van der Waals surface area contributed by atoms with Crippen molar-refractivity contribution < 1.29 is 33.3 Å². The molecule has 36 heavy (non-hydrogen) atoms. The molecule has 5 rings (SSSR count). The maximum Gasteiger partial charge on any atom is 0.307 e. The van der Waals surface area contributed by atoms with Gasteiger partial charge in [-0.15, -0.1) is 11.8 Å². The number of nitrogens with one attached hydrogen (secondary N) is 1. The van der Waals surface area contributed by atoms with Crippen LogP contribution in [0.1, 0.15) is 5.82 Å². The minimum atomic E-state index is -1.52. The number of aliphatic carboxylic acids is 1. The number of hydrogen-bond donors (Lipinski definition) is 2. The van der Waals surface area contributed by atoms with Crippen LogP contribution >= 0.6 is 23.3 Å². The van der Waals surface area contributed by atoms with Crippen LogP contribution < -0.4 is 20.7 Å². The van der Waals surface area contributed by atoms with Crippen LogP contribution in [-0.4, -0.2) is 71.6 Å². The first kappa shape index (κ1) is 23.6. The highest BCUT2D eigenvalue weighted by Crippen LogP contribution is 2.40. The standard InChI is InChI=1S/C19H16FN9O5S2/c1-34-25-11(14-23-19(21)36-26-14)15(30)22-12-16(31)29-13(18(32)33)8(7-35-17(12)29)6-27-4-5-28-10(27)3-2-9(20)24-28/h2-5,12,17H,6-7H2,1H3,(H3-,21,22,23,26,30,32,33)/b25-11-/t12-,17-/m1/s1. The first-order chi connectivity index (χ1) is 17.3. The fourth-order valence-electron chi connectivity index (χ4n) is 3.91. The van der Waals surface area contributed by atoms with Gasteiger partial charge in [-0.1, -0.05) is 9.67 Å². The molecule has 0 aromatic carbocycles. The smallest absolute Gasteiger partial charge is 0.307 e. The van der Waals surface area contributed by atoms with Gasteiger partial charge < -0.3 is 25.8 Å². The molecule has 1 fully saturated rings. The Bertz CT molecular complexity index is 1470. The third kappa shape index (κ3) is 4.01. The number of carbonyl (C=O) groups excluding carboxylic acids is 3. The van der Waals surface area contributed by atoms with Gasteiger partial charge in [-0.3, -0.25) is 14.5 Å². The molecule has 2 atom stereocenters. The van der Waals surface area contributed by atoms with E-state index in [2.05, 4.69) is 24.9 Å². The van der Waals surface area contributed by atoms with Crippen molar-refractivity contribution in [2.45, 2.75) is 18.0 Å². The van der Waals surface area contributed by atoms with Gasteiger partial charge in [0, 0.05) is 35.0 Å². The Morgan fingerprint density at radius 1 is 1.44 bits per heavy atom. The van der Waals surface area contributed by atoms with E-state index >= 15 is 0 Å². The number of nitrogens with zero attached hydrogens (tertiary/aromatic N) is 7. The summed E-state index contributed by atoms with van der Waals surface area (Å²) in [6.45, 7) is 0.106. The minimum Gasteiger partial charge on any atom is -0.543 e. The van der Waals surface area contributed by atoms with Gasteiger partial charge in [-0.25, -0.2) is 4.57 Å². The molecule has 14 nitrogen and oxygen atoms in total. The number of carboxylic acid groups (broad SMARTS) is 1. The van der Waals surface area contributed by atoms with E-state index in [0.717, 1.165) is 16.4 Å². The average Bonchev–Trinajstić information content (AvgIpc) is 3.45. The molecule has 2 amide bonds. The number of carbonyl (C=O) groups is 3. The van der Waals surface area contributed by atoms with E-state index in [9.17, 15) is 23.9 Å². The predicted octanol–water partition coefficient (Wildman–Crippen LogP) is -2.35. The number of aromatic nitrogens is 5. The van der Waals surface area contributed by atoms with Gasteiger partial charge >= 0.3 is 5.65 Å². The molecule has 1 saturated heterocycles. The summed E-state index contributed by atoms with van der Waals surface area (Å²) in [5.41, 5.74) is 5.96. The van der Waals surface area contributed by atoms with Gasteiger partial charge in [0.15, 0.2) is 11.3 Å². The van der Waals surface area contributed by atoms with Crippen LogP contribution in [0.3, 0.4) is 0 Å². The van der Waals surface area contributed by atoms with Gasteiger partial charge in [0.05, 0.1) is 11.7 Å². The molecule has 3 aromatic heterocycles. The molecule has 3 N–H and O–H groups in total. The Morgan fingerprint density at radius 3 is 2.94 bits per heavy atom. The second-order valence-electron chi connectivity index (χ2n) is 7.56. The molecule has 17 heteroatoms. The summed E-state index contributed by atoms with van der Waals surface area (Å²) < 4.78 is 20.3. The molecular weight excluding hydrogens is 517 g/mol. The van der Waals surface area contributed by atoms with Crippen molar-refractivity contribution in [3.8, 4) is 0 Å². The largest absolute Gasteiger partial charge is 0.543 e. The van der Waals surface area contributed by atoms with E-state index in [-0.39, 0.29) is 34.7 Å². The van der Waals surface area contributed by atoms with Crippen molar-refractivity contribution in [3.63, 3.8) is 0 Å². The van der Waals surface area contributed by atoms with Crippen LogP contribution in [0, 0.1) is 5.95 Å². The zero-order chi connectivity index (χ0) is 25.6.